The van der Waals surface area contributed by atoms with E-state index in [0.717, 1.165) is 37.8 Å². The molecule has 0 bridgehead atoms. The van der Waals surface area contributed by atoms with Gasteiger partial charge in [-0.05, 0) is 71.1 Å². The Morgan fingerprint density at radius 2 is 1.83 bits per heavy atom. The van der Waals surface area contributed by atoms with Crippen molar-refractivity contribution >= 4 is 6.09 Å². The van der Waals surface area contributed by atoms with Crippen molar-refractivity contribution in [2.24, 2.45) is 11.8 Å². The molecule has 4 nitrogen and oxygen atoms in total. The van der Waals surface area contributed by atoms with Gasteiger partial charge in [0.15, 0.2) is 0 Å². The molecular formula is C19H36N2O2. The zero-order valence-corrected chi connectivity index (χ0v) is 15.7. The average Bonchev–Trinajstić information content (AvgIpc) is 2.92. The summed E-state index contributed by atoms with van der Waals surface area (Å²) in [6.07, 6.45) is 7.28. The van der Waals surface area contributed by atoms with E-state index in [-0.39, 0.29) is 6.09 Å². The van der Waals surface area contributed by atoms with Gasteiger partial charge in [0, 0.05) is 25.2 Å². The van der Waals surface area contributed by atoms with E-state index in [9.17, 15) is 4.79 Å². The summed E-state index contributed by atoms with van der Waals surface area (Å²) in [5.41, 5.74) is -0.410. The van der Waals surface area contributed by atoms with E-state index >= 15 is 0 Å². The van der Waals surface area contributed by atoms with E-state index in [0.29, 0.717) is 12.1 Å². The first-order chi connectivity index (χ1) is 10.8. The van der Waals surface area contributed by atoms with Crippen molar-refractivity contribution in [3.8, 4) is 0 Å². The Morgan fingerprint density at radius 1 is 1.17 bits per heavy atom. The monoisotopic (exact) mass is 324 g/mol. The van der Waals surface area contributed by atoms with Crippen molar-refractivity contribution in [3.63, 3.8) is 0 Å². The molecule has 1 amide bonds. The van der Waals surface area contributed by atoms with E-state index in [1.54, 1.807) is 0 Å². The maximum absolute atomic E-state index is 12.3. The first-order valence-electron chi connectivity index (χ1n) is 9.49. The molecule has 2 fully saturated rings. The van der Waals surface area contributed by atoms with Crippen LogP contribution in [-0.2, 0) is 4.74 Å². The number of carbonyl (C=O) groups excluding carboxylic acids is 1. The molecule has 1 saturated heterocycles. The van der Waals surface area contributed by atoms with Crippen LogP contribution in [0, 0.1) is 11.8 Å². The van der Waals surface area contributed by atoms with E-state index < -0.39 is 5.60 Å². The van der Waals surface area contributed by atoms with Crippen LogP contribution in [0.15, 0.2) is 0 Å². The van der Waals surface area contributed by atoms with Gasteiger partial charge in [0.1, 0.15) is 5.60 Å². The van der Waals surface area contributed by atoms with Crippen LogP contribution in [0.3, 0.4) is 0 Å². The Balaban J connectivity index is 1.75. The van der Waals surface area contributed by atoms with Crippen LogP contribution < -0.4 is 5.32 Å². The molecule has 1 unspecified atom stereocenters. The van der Waals surface area contributed by atoms with Gasteiger partial charge in [-0.25, -0.2) is 4.79 Å². The number of nitrogens with zero attached hydrogens (tertiary/aromatic N) is 1. The molecule has 1 N–H and O–H groups in total. The van der Waals surface area contributed by atoms with E-state index in [4.69, 9.17) is 4.74 Å². The second-order valence-corrected chi connectivity index (χ2v) is 8.73. The number of rotatable bonds is 4. The Bertz CT molecular complexity index is 381. The van der Waals surface area contributed by atoms with Gasteiger partial charge in [0.2, 0.25) is 0 Å². The molecule has 1 aliphatic carbocycles. The zero-order chi connectivity index (χ0) is 17.0. The molecule has 0 aromatic heterocycles. The predicted molar refractivity (Wildman–Crippen MR) is 94.5 cm³/mol. The van der Waals surface area contributed by atoms with Gasteiger partial charge >= 0.3 is 6.09 Å². The van der Waals surface area contributed by atoms with Crippen molar-refractivity contribution in [2.45, 2.75) is 90.8 Å². The maximum atomic E-state index is 12.3. The molecule has 4 heteroatoms. The molecule has 0 aromatic carbocycles. The largest absolute Gasteiger partial charge is 0.444 e. The molecule has 0 radical (unpaired) electrons. The highest BCUT2D eigenvalue weighted by Crippen LogP contribution is 2.30. The average molecular weight is 325 g/mol. The smallest absolute Gasteiger partial charge is 0.410 e. The number of carbonyl (C=O) groups is 1. The predicted octanol–water partition coefficient (Wildman–Crippen LogP) is 4.19. The van der Waals surface area contributed by atoms with Gasteiger partial charge in [-0.2, -0.15) is 0 Å². The number of likely N-dealkylation sites (tertiary alicyclic amines) is 1. The van der Waals surface area contributed by atoms with Crippen LogP contribution in [0.1, 0.15) is 73.1 Å². The number of amides is 1. The zero-order valence-electron chi connectivity index (χ0n) is 15.7. The summed E-state index contributed by atoms with van der Waals surface area (Å²) in [6.45, 7) is 12.2. The highest BCUT2D eigenvalue weighted by Gasteiger charge is 2.32. The fraction of sp³-hybridized carbons (Fsp3) is 0.947. The molecule has 134 valence electrons. The lowest BCUT2D eigenvalue weighted by molar-refractivity contribution is 0.0223. The second kappa shape index (κ2) is 7.87. The standard InChI is InChI=1S/C19H36N2O2/c1-14(2)15-8-10-16(11-9-15)20-13-17-7-6-12-21(17)18(22)23-19(3,4)5/h14-17,20H,6-13H2,1-5H3. The van der Waals surface area contributed by atoms with E-state index in [1.165, 1.54) is 25.7 Å². The molecule has 23 heavy (non-hydrogen) atoms. The minimum atomic E-state index is -0.410. The summed E-state index contributed by atoms with van der Waals surface area (Å²) < 4.78 is 5.54. The van der Waals surface area contributed by atoms with Gasteiger partial charge in [-0.1, -0.05) is 13.8 Å². The highest BCUT2D eigenvalue weighted by molar-refractivity contribution is 5.69. The lowest BCUT2D eigenvalue weighted by Crippen LogP contribution is -2.46. The van der Waals surface area contributed by atoms with Crippen LogP contribution in [-0.4, -0.2) is 41.8 Å². The van der Waals surface area contributed by atoms with Crippen LogP contribution in [0.4, 0.5) is 4.79 Å². The van der Waals surface area contributed by atoms with Crippen molar-refractivity contribution in [3.05, 3.63) is 0 Å². The van der Waals surface area contributed by atoms with E-state index in [1.807, 2.05) is 25.7 Å². The minimum Gasteiger partial charge on any atom is -0.444 e. The number of ether oxygens (including phenoxy) is 1. The van der Waals surface area contributed by atoms with Gasteiger partial charge in [-0.3, -0.25) is 0 Å². The van der Waals surface area contributed by atoms with Crippen LogP contribution >= 0.6 is 0 Å². The fourth-order valence-corrected chi connectivity index (χ4v) is 3.90. The molecule has 1 heterocycles. The maximum Gasteiger partial charge on any atom is 0.410 e. The highest BCUT2D eigenvalue weighted by atomic mass is 16.6. The summed E-state index contributed by atoms with van der Waals surface area (Å²) in [7, 11) is 0. The third-order valence-electron chi connectivity index (χ3n) is 5.36. The van der Waals surface area contributed by atoms with Crippen molar-refractivity contribution in [2.75, 3.05) is 13.1 Å². The first-order valence-corrected chi connectivity index (χ1v) is 9.49. The Hall–Kier alpha value is -0.770. The van der Waals surface area contributed by atoms with Crippen molar-refractivity contribution < 1.29 is 9.53 Å². The fourth-order valence-electron chi connectivity index (χ4n) is 3.90. The lowest BCUT2D eigenvalue weighted by atomic mass is 9.79. The Labute approximate surface area is 142 Å². The number of hydrogen-bond donors (Lipinski definition) is 1. The lowest BCUT2D eigenvalue weighted by Gasteiger charge is -2.33. The molecule has 1 atom stereocenters. The van der Waals surface area contributed by atoms with Gasteiger partial charge < -0.3 is 15.0 Å². The molecule has 1 saturated carbocycles. The van der Waals surface area contributed by atoms with Crippen LogP contribution in [0.5, 0.6) is 0 Å². The topological polar surface area (TPSA) is 41.6 Å². The third kappa shape index (κ3) is 5.66. The van der Waals surface area contributed by atoms with Crippen molar-refractivity contribution in [1.29, 1.82) is 0 Å². The van der Waals surface area contributed by atoms with Crippen molar-refractivity contribution in [1.82, 2.24) is 10.2 Å². The summed E-state index contributed by atoms with van der Waals surface area (Å²) in [5, 5.41) is 3.72. The third-order valence-corrected chi connectivity index (χ3v) is 5.36. The summed E-state index contributed by atoms with van der Waals surface area (Å²) in [4.78, 5) is 14.2. The van der Waals surface area contributed by atoms with E-state index in [2.05, 4.69) is 19.2 Å². The normalized spacial score (nSPS) is 29.1. The van der Waals surface area contributed by atoms with Gasteiger partial charge in [0.25, 0.3) is 0 Å². The first kappa shape index (κ1) is 18.6. The molecular weight excluding hydrogens is 288 g/mol. The molecule has 1 aliphatic heterocycles. The van der Waals surface area contributed by atoms with Crippen LogP contribution in [0.2, 0.25) is 0 Å². The van der Waals surface area contributed by atoms with Crippen LogP contribution in [0.25, 0.3) is 0 Å². The summed E-state index contributed by atoms with van der Waals surface area (Å²) in [5.74, 6) is 1.71. The Morgan fingerprint density at radius 3 is 2.39 bits per heavy atom. The molecule has 0 aromatic rings. The second-order valence-electron chi connectivity index (χ2n) is 8.73. The molecule has 2 rings (SSSR count). The molecule has 2 aliphatic rings. The van der Waals surface area contributed by atoms with Gasteiger partial charge in [0.05, 0.1) is 0 Å². The molecule has 0 spiro atoms. The number of nitrogens with one attached hydrogen (secondary N) is 1. The number of hydrogen-bond acceptors (Lipinski definition) is 3. The quantitative estimate of drug-likeness (QED) is 0.843. The Kier molecular flexibility index (Phi) is 6.35. The minimum absolute atomic E-state index is 0.148. The summed E-state index contributed by atoms with van der Waals surface area (Å²) in [6, 6.07) is 0.929. The summed E-state index contributed by atoms with van der Waals surface area (Å²) >= 11 is 0. The van der Waals surface area contributed by atoms with Gasteiger partial charge in [-0.15, -0.1) is 0 Å². The SMILES string of the molecule is CC(C)C1CCC(NCC2CCCN2C(=O)OC(C)(C)C)CC1.